The van der Waals surface area contributed by atoms with Gasteiger partial charge < -0.3 is 15.5 Å². The van der Waals surface area contributed by atoms with Crippen LogP contribution in [-0.2, 0) is 4.79 Å². The van der Waals surface area contributed by atoms with Gasteiger partial charge in [0, 0.05) is 6.42 Å². The lowest BCUT2D eigenvalue weighted by molar-refractivity contribution is -0.123. The highest BCUT2D eigenvalue weighted by Gasteiger charge is 2.17. The van der Waals surface area contributed by atoms with Crippen molar-refractivity contribution in [1.29, 1.82) is 0 Å². The summed E-state index contributed by atoms with van der Waals surface area (Å²) in [5.41, 5.74) is 0. The van der Waals surface area contributed by atoms with Crippen LogP contribution in [0.25, 0.3) is 0 Å². The van der Waals surface area contributed by atoms with E-state index in [0.29, 0.717) is 6.42 Å². The van der Waals surface area contributed by atoms with E-state index in [1.54, 1.807) is 6.08 Å². The molecule has 0 radical (unpaired) electrons. The lowest BCUT2D eigenvalue weighted by Crippen LogP contribution is -2.45. The predicted molar refractivity (Wildman–Crippen MR) is 161 cm³/mol. The molecule has 0 bridgehead atoms. The third kappa shape index (κ3) is 26.3. The number of aliphatic hydroxyl groups excluding tert-OH is 2. The third-order valence-electron chi connectivity index (χ3n) is 7.18. The number of hydrogen-bond donors (Lipinski definition) is 3. The highest BCUT2D eigenvalue weighted by atomic mass is 16.3. The van der Waals surface area contributed by atoms with Gasteiger partial charge in [0.1, 0.15) is 0 Å². The van der Waals surface area contributed by atoms with E-state index in [0.717, 1.165) is 38.5 Å². The summed E-state index contributed by atoms with van der Waals surface area (Å²) in [5.74, 6) is -0.0767. The van der Waals surface area contributed by atoms with Gasteiger partial charge in [-0.3, -0.25) is 4.79 Å². The quantitative estimate of drug-likeness (QED) is 0.0711. The number of amides is 1. The molecule has 4 heteroatoms. The Kier molecular flexibility index (Phi) is 28.5. The zero-order chi connectivity index (χ0) is 27.2. The van der Waals surface area contributed by atoms with Crippen LogP contribution in [0.4, 0.5) is 0 Å². The fourth-order valence-electron chi connectivity index (χ4n) is 4.64. The number of allylic oxidation sites excluding steroid dienone is 3. The molecular weight excluding hydrogens is 458 g/mol. The van der Waals surface area contributed by atoms with Gasteiger partial charge in [-0.05, 0) is 44.9 Å². The third-order valence-corrected chi connectivity index (χ3v) is 7.18. The van der Waals surface area contributed by atoms with Crippen molar-refractivity contribution < 1.29 is 15.0 Å². The fraction of sp³-hybridized carbons (Fsp3) is 0.848. The first-order chi connectivity index (χ1) is 18.2. The van der Waals surface area contributed by atoms with Crippen LogP contribution >= 0.6 is 0 Å². The van der Waals surface area contributed by atoms with E-state index in [4.69, 9.17) is 0 Å². The molecule has 37 heavy (non-hydrogen) atoms. The molecule has 218 valence electrons. The van der Waals surface area contributed by atoms with Crippen molar-refractivity contribution >= 4 is 5.91 Å². The van der Waals surface area contributed by atoms with Gasteiger partial charge in [-0.25, -0.2) is 0 Å². The van der Waals surface area contributed by atoms with Crippen LogP contribution in [0.2, 0.25) is 0 Å². The van der Waals surface area contributed by atoms with Crippen molar-refractivity contribution in [1.82, 2.24) is 5.32 Å². The molecule has 0 spiro atoms. The minimum absolute atomic E-state index is 0.0767. The summed E-state index contributed by atoms with van der Waals surface area (Å²) in [7, 11) is 0. The first-order valence-corrected chi connectivity index (χ1v) is 16.1. The van der Waals surface area contributed by atoms with Crippen molar-refractivity contribution in [3.8, 4) is 0 Å². The van der Waals surface area contributed by atoms with Gasteiger partial charge in [0.2, 0.25) is 5.91 Å². The summed E-state index contributed by atoms with van der Waals surface area (Å²) >= 11 is 0. The zero-order valence-electron chi connectivity index (χ0n) is 24.7. The van der Waals surface area contributed by atoms with Crippen LogP contribution in [0.1, 0.15) is 162 Å². The Morgan fingerprint density at radius 1 is 0.622 bits per heavy atom. The topological polar surface area (TPSA) is 69.6 Å². The molecule has 4 nitrogen and oxygen atoms in total. The maximum atomic E-state index is 12.2. The van der Waals surface area contributed by atoms with Gasteiger partial charge in [-0.1, -0.05) is 134 Å². The van der Waals surface area contributed by atoms with Crippen LogP contribution < -0.4 is 5.32 Å². The van der Waals surface area contributed by atoms with E-state index >= 15 is 0 Å². The molecule has 0 aliphatic carbocycles. The first kappa shape index (κ1) is 35.9. The van der Waals surface area contributed by atoms with Crippen LogP contribution in [0.15, 0.2) is 24.3 Å². The van der Waals surface area contributed by atoms with E-state index < -0.39 is 12.1 Å². The van der Waals surface area contributed by atoms with Crippen molar-refractivity contribution in [3.05, 3.63) is 24.3 Å². The molecule has 0 heterocycles. The molecule has 3 N–H and O–H groups in total. The number of carbonyl (C=O) groups excluding carboxylic acids is 1. The fourth-order valence-corrected chi connectivity index (χ4v) is 4.64. The van der Waals surface area contributed by atoms with Gasteiger partial charge in [-0.15, -0.1) is 0 Å². The lowest BCUT2D eigenvalue weighted by Gasteiger charge is -2.20. The van der Waals surface area contributed by atoms with Gasteiger partial charge in [0.05, 0.1) is 18.8 Å². The van der Waals surface area contributed by atoms with Crippen LogP contribution in [0, 0.1) is 0 Å². The molecule has 0 aromatic heterocycles. The number of unbranched alkanes of at least 4 members (excludes halogenated alkanes) is 19. The predicted octanol–water partition coefficient (Wildman–Crippen LogP) is 8.95. The number of nitrogens with one attached hydrogen (secondary N) is 1. The van der Waals surface area contributed by atoms with E-state index in [-0.39, 0.29) is 12.5 Å². The number of rotatable bonds is 28. The normalized spacial score (nSPS) is 13.5. The maximum absolute atomic E-state index is 12.2. The summed E-state index contributed by atoms with van der Waals surface area (Å²) in [4.78, 5) is 12.2. The largest absolute Gasteiger partial charge is 0.394 e. The number of carbonyl (C=O) groups is 1. The van der Waals surface area contributed by atoms with Gasteiger partial charge in [0.15, 0.2) is 0 Å². The Balaban J connectivity index is 3.69. The average molecular weight is 522 g/mol. The summed E-state index contributed by atoms with van der Waals surface area (Å²) in [6, 6.07) is -0.620. The highest BCUT2D eigenvalue weighted by Crippen LogP contribution is 2.12. The molecule has 2 unspecified atom stereocenters. The second-order valence-electron chi connectivity index (χ2n) is 10.9. The Bertz CT molecular complexity index is 532. The lowest BCUT2D eigenvalue weighted by atomic mass is 10.1. The minimum Gasteiger partial charge on any atom is -0.394 e. The molecule has 0 aromatic carbocycles. The summed E-state index contributed by atoms with van der Waals surface area (Å²) < 4.78 is 0. The number of hydrogen-bond acceptors (Lipinski definition) is 3. The van der Waals surface area contributed by atoms with Gasteiger partial charge in [0.25, 0.3) is 0 Å². The Hall–Kier alpha value is -1.13. The van der Waals surface area contributed by atoms with Crippen LogP contribution in [0.5, 0.6) is 0 Å². The maximum Gasteiger partial charge on any atom is 0.220 e. The Morgan fingerprint density at radius 3 is 1.51 bits per heavy atom. The summed E-state index contributed by atoms with van der Waals surface area (Å²) in [6.07, 6.45) is 35.3. The molecule has 0 aromatic rings. The second kappa shape index (κ2) is 29.4. The SMILES string of the molecule is CCCCCC/C=C\CCCCCCCC(=O)NC(CO)C(O)/C=C/CCCCCCCCCCCC. The van der Waals surface area contributed by atoms with Crippen molar-refractivity contribution in [2.75, 3.05) is 6.61 Å². The Morgan fingerprint density at radius 2 is 1.03 bits per heavy atom. The molecule has 0 saturated carbocycles. The smallest absolute Gasteiger partial charge is 0.220 e. The van der Waals surface area contributed by atoms with Crippen molar-refractivity contribution in [2.45, 2.75) is 174 Å². The molecule has 0 aliphatic rings. The highest BCUT2D eigenvalue weighted by molar-refractivity contribution is 5.76. The van der Waals surface area contributed by atoms with E-state index in [2.05, 4.69) is 31.3 Å². The molecule has 0 fully saturated rings. The summed E-state index contributed by atoms with van der Waals surface area (Å²) in [6.45, 7) is 4.26. The average Bonchev–Trinajstić information content (AvgIpc) is 2.90. The summed E-state index contributed by atoms with van der Waals surface area (Å²) in [5, 5.41) is 22.7. The van der Waals surface area contributed by atoms with Crippen molar-refractivity contribution in [2.24, 2.45) is 0 Å². The molecule has 1 amide bonds. The molecule has 2 atom stereocenters. The zero-order valence-corrected chi connectivity index (χ0v) is 24.7. The second-order valence-corrected chi connectivity index (χ2v) is 10.9. The van der Waals surface area contributed by atoms with Crippen LogP contribution in [-0.4, -0.2) is 34.9 Å². The van der Waals surface area contributed by atoms with E-state index in [1.807, 2.05) is 6.08 Å². The van der Waals surface area contributed by atoms with Crippen LogP contribution in [0.3, 0.4) is 0 Å². The van der Waals surface area contributed by atoms with Crippen molar-refractivity contribution in [3.63, 3.8) is 0 Å². The molecule has 0 aliphatic heterocycles. The molecule has 0 saturated heterocycles. The monoisotopic (exact) mass is 521 g/mol. The van der Waals surface area contributed by atoms with E-state index in [9.17, 15) is 15.0 Å². The number of aliphatic hydroxyl groups is 2. The minimum atomic E-state index is -0.836. The van der Waals surface area contributed by atoms with Gasteiger partial charge in [-0.2, -0.15) is 0 Å². The molecular formula is C33H63NO3. The van der Waals surface area contributed by atoms with Gasteiger partial charge >= 0.3 is 0 Å². The Labute approximate surface area is 230 Å². The molecule has 0 rings (SSSR count). The standard InChI is InChI=1S/C33H63NO3/c1-3-5-7-9-11-13-15-17-19-21-23-25-27-29-33(37)34-31(30-35)32(36)28-26-24-22-20-18-16-14-12-10-8-6-4-2/h13,15,26,28,31-32,35-36H,3-12,14,16-25,27,29-30H2,1-2H3,(H,34,37)/b15-13-,28-26+. The first-order valence-electron chi connectivity index (χ1n) is 16.1. The van der Waals surface area contributed by atoms with E-state index in [1.165, 1.54) is 103 Å².